The molecule has 2 aliphatic carbocycles. The minimum absolute atomic E-state index is 0.242. The summed E-state index contributed by atoms with van der Waals surface area (Å²) in [4.78, 5) is 14.7. The van der Waals surface area contributed by atoms with Crippen molar-refractivity contribution in [2.45, 2.75) is 43.9 Å². The molecule has 0 bridgehead atoms. The topological polar surface area (TPSA) is 32.3 Å². The summed E-state index contributed by atoms with van der Waals surface area (Å²) in [7, 11) is 0. The van der Waals surface area contributed by atoms with Gasteiger partial charge in [-0.2, -0.15) is 0 Å². The highest BCUT2D eigenvalue weighted by Gasteiger charge is 2.45. The second-order valence-electron chi connectivity index (χ2n) is 7.06. The Morgan fingerprint density at radius 1 is 1.24 bits per heavy atom. The zero-order chi connectivity index (χ0) is 14.3. The normalized spacial score (nSPS) is 22.8. The van der Waals surface area contributed by atoms with E-state index in [0.29, 0.717) is 6.54 Å². The summed E-state index contributed by atoms with van der Waals surface area (Å²) < 4.78 is 0. The number of hydrogen-bond acceptors (Lipinski definition) is 2. The van der Waals surface area contributed by atoms with E-state index in [9.17, 15) is 4.79 Å². The quantitative estimate of drug-likeness (QED) is 0.922. The molecule has 1 aromatic rings. The molecule has 1 heterocycles. The van der Waals surface area contributed by atoms with E-state index in [1.165, 1.54) is 44.1 Å². The van der Waals surface area contributed by atoms with Crippen LogP contribution in [0.5, 0.6) is 0 Å². The summed E-state index contributed by atoms with van der Waals surface area (Å²) >= 11 is 0. The molecule has 0 radical (unpaired) electrons. The van der Waals surface area contributed by atoms with Gasteiger partial charge in [0.25, 0.3) is 0 Å². The smallest absolute Gasteiger partial charge is 0.240 e. The number of fused-ring (bicyclic) bond motifs is 2. The SMILES string of the molecule is O=C(CNCC1CC1)N1CC2(CCCC2)c2ccccc21. The molecule has 3 aliphatic rings. The predicted molar refractivity (Wildman–Crippen MR) is 84.5 cm³/mol. The number of benzene rings is 1. The number of carbonyl (C=O) groups is 1. The molecule has 1 N–H and O–H groups in total. The van der Waals surface area contributed by atoms with Gasteiger partial charge in [0.2, 0.25) is 5.91 Å². The third kappa shape index (κ3) is 2.38. The van der Waals surface area contributed by atoms with E-state index in [1.807, 2.05) is 4.90 Å². The number of para-hydroxylation sites is 1. The largest absolute Gasteiger partial charge is 0.310 e. The molecule has 3 heteroatoms. The first-order valence-electron chi connectivity index (χ1n) is 8.39. The average molecular weight is 284 g/mol. The minimum Gasteiger partial charge on any atom is -0.310 e. The lowest BCUT2D eigenvalue weighted by Crippen LogP contribution is -2.41. The van der Waals surface area contributed by atoms with Gasteiger partial charge in [0.15, 0.2) is 0 Å². The van der Waals surface area contributed by atoms with E-state index in [1.54, 1.807) is 0 Å². The van der Waals surface area contributed by atoms with Crippen LogP contribution in [-0.2, 0) is 10.2 Å². The first-order valence-corrected chi connectivity index (χ1v) is 8.39. The molecule has 1 aromatic carbocycles. The third-order valence-corrected chi connectivity index (χ3v) is 5.49. The van der Waals surface area contributed by atoms with Crippen molar-refractivity contribution in [1.29, 1.82) is 0 Å². The zero-order valence-corrected chi connectivity index (χ0v) is 12.6. The standard InChI is InChI=1S/C18H24N2O/c21-17(12-19-11-14-7-8-14)20-13-18(9-3-4-10-18)15-5-1-2-6-16(15)20/h1-2,5-6,14,19H,3-4,7-13H2. The molecule has 2 fully saturated rings. The van der Waals surface area contributed by atoms with Crippen LogP contribution >= 0.6 is 0 Å². The molecule has 0 unspecified atom stereocenters. The van der Waals surface area contributed by atoms with Crippen LogP contribution in [0.15, 0.2) is 24.3 Å². The number of nitrogens with zero attached hydrogens (tertiary/aromatic N) is 1. The van der Waals surface area contributed by atoms with E-state index in [0.717, 1.165) is 24.7 Å². The second-order valence-corrected chi connectivity index (χ2v) is 7.06. The van der Waals surface area contributed by atoms with Gasteiger partial charge in [-0.15, -0.1) is 0 Å². The van der Waals surface area contributed by atoms with Gasteiger partial charge in [-0.05, 0) is 49.8 Å². The van der Waals surface area contributed by atoms with Crippen LogP contribution < -0.4 is 10.2 Å². The third-order valence-electron chi connectivity index (χ3n) is 5.49. The Morgan fingerprint density at radius 2 is 2.00 bits per heavy atom. The van der Waals surface area contributed by atoms with Crippen molar-refractivity contribution in [3.8, 4) is 0 Å². The van der Waals surface area contributed by atoms with Crippen LogP contribution in [0.4, 0.5) is 5.69 Å². The van der Waals surface area contributed by atoms with Crippen molar-refractivity contribution in [3.63, 3.8) is 0 Å². The number of amides is 1. The summed E-state index contributed by atoms with van der Waals surface area (Å²) in [6.45, 7) is 2.39. The van der Waals surface area contributed by atoms with Crippen LogP contribution in [0.2, 0.25) is 0 Å². The number of rotatable bonds is 4. The molecular weight excluding hydrogens is 260 g/mol. The number of carbonyl (C=O) groups excluding carboxylic acids is 1. The predicted octanol–water partition coefficient (Wildman–Crippen LogP) is 2.84. The first-order chi connectivity index (χ1) is 10.3. The van der Waals surface area contributed by atoms with Crippen molar-refractivity contribution in [2.24, 2.45) is 5.92 Å². The maximum atomic E-state index is 12.6. The molecule has 112 valence electrons. The molecular formula is C18H24N2O. The van der Waals surface area contributed by atoms with Crippen molar-refractivity contribution in [1.82, 2.24) is 5.32 Å². The molecule has 1 spiro atoms. The lowest BCUT2D eigenvalue weighted by Gasteiger charge is -2.24. The highest BCUT2D eigenvalue weighted by molar-refractivity contribution is 5.97. The molecule has 21 heavy (non-hydrogen) atoms. The number of anilines is 1. The molecule has 2 saturated carbocycles. The van der Waals surface area contributed by atoms with Crippen LogP contribution in [0.25, 0.3) is 0 Å². The van der Waals surface area contributed by atoms with Crippen molar-refractivity contribution in [2.75, 3.05) is 24.5 Å². The van der Waals surface area contributed by atoms with Gasteiger partial charge in [0.1, 0.15) is 0 Å². The Kier molecular flexibility index (Phi) is 3.26. The number of nitrogens with one attached hydrogen (secondary N) is 1. The lowest BCUT2D eigenvalue weighted by atomic mass is 9.81. The molecule has 0 aromatic heterocycles. The summed E-state index contributed by atoms with van der Waals surface area (Å²) in [6, 6.07) is 8.55. The Balaban J connectivity index is 1.51. The highest BCUT2D eigenvalue weighted by Crippen LogP contribution is 2.50. The maximum Gasteiger partial charge on any atom is 0.240 e. The van der Waals surface area contributed by atoms with Gasteiger partial charge in [-0.1, -0.05) is 31.0 Å². The van der Waals surface area contributed by atoms with Gasteiger partial charge in [-0.3, -0.25) is 4.79 Å². The molecule has 4 rings (SSSR count). The molecule has 1 aliphatic heterocycles. The van der Waals surface area contributed by atoms with E-state index in [-0.39, 0.29) is 11.3 Å². The van der Waals surface area contributed by atoms with E-state index in [4.69, 9.17) is 0 Å². The number of hydrogen-bond donors (Lipinski definition) is 1. The van der Waals surface area contributed by atoms with Gasteiger partial charge >= 0.3 is 0 Å². The van der Waals surface area contributed by atoms with Crippen LogP contribution in [-0.4, -0.2) is 25.5 Å². The fourth-order valence-corrected chi connectivity index (χ4v) is 4.13. The van der Waals surface area contributed by atoms with Gasteiger partial charge in [0, 0.05) is 17.6 Å². The van der Waals surface area contributed by atoms with Gasteiger partial charge in [-0.25, -0.2) is 0 Å². The maximum absolute atomic E-state index is 12.6. The zero-order valence-electron chi connectivity index (χ0n) is 12.6. The van der Waals surface area contributed by atoms with Gasteiger partial charge < -0.3 is 10.2 Å². The molecule has 3 nitrogen and oxygen atoms in total. The molecule has 0 saturated heterocycles. The van der Waals surface area contributed by atoms with Crippen LogP contribution in [0.3, 0.4) is 0 Å². The first kappa shape index (κ1) is 13.3. The van der Waals surface area contributed by atoms with E-state index in [2.05, 4.69) is 29.6 Å². The van der Waals surface area contributed by atoms with Crippen molar-refractivity contribution < 1.29 is 4.79 Å². The Morgan fingerprint density at radius 3 is 2.76 bits per heavy atom. The fourth-order valence-electron chi connectivity index (χ4n) is 4.13. The van der Waals surface area contributed by atoms with Gasteiger partial charge in [0.05, 0.1) is 6.54 Å². The molecule has 1 amide bonds. The Labute approximate surface area is 126 Å². The highest BCUT2D eigenvalue weighted by atomic mass is 16.2. The van der Waals surface area contributed by atoms with E-state index >= 15 is 0 Å². The van der Waals surface area contributed by atoms with E-state index < -0.39 is 0 Å². The summed E-state index contributed by atoms with van der Waals surface area (Å²) in [5, 5.41) is 3.34. The monoisotopic (exact) mass is 284 g/mol. The van der Waals surface area contributed by atoms with Crippen LogP contribution in [0.1, 0.15) is 44.1 Å². The van der Waals surface area contributed by atoms with Crippen LogP contribution in [0, 0.1) is 5.92 Å². The Bertz CT molecular complexity index is 544. The second kappa shape index (κ2) is 5.13. The Hall–Kier alpha value is -1.35. The summed E-state index contributed by atoms with van der Waals surface area (Å²) in [6.07, 6.45) is 7.74. The molecule has 0 atom stereocenters. The summed E-state index contributed by atoms with van der Waals surface area (Å²) in [5.74, 6) is 1.07. The fraction of sp³-hybridized carbons (Fsp3) is 0.611. The minimum atomic E-state index is 0.242. The lowest BCUT2D eigenvalue weighted by molar-refractivity contribution is -0.117. The summed E-state index contributed by atoms with van der Waals surface area (Å²) in [5.41, 5.74) is 2.83. The van der Waals surface area contributed by atoms with Crippen molar-refractivity contribution in [3.05, 3.63) is 29.8 Å². The average Bonchev–Trinajstić information content (AvgIpc) is 3.11. The van der Waals surface area contributed by atoms with Crippen molar-refractivity contribution >= 4 is 11.6 Å².